The highest BCUT2D eigenvalue weighted by molar-refractivity contribution is 7.89. The Kier molecular flexibility index (Phi) is 7.68. The third kappa shape index (κ3) is 6.12. The van der Waals surface area contributed by atoms with Crippen LogP contribution in [0, 0.1) is 0 Å². The van der Waals surface area contributed by atoms with Crippen LogP contribution >= 0.6 is 11.6 Å². The number of hydrogen-bond acceptors (Lipinski definition) is 5. The molecule has 2 rings (SSSR count). The van der Waals surface area contributed by atoms with Crippen LogP contribution in [-0.2, 0) is 14.8 Å². The van der Waals surface area contributed by atoms with Crippen LogP contribution in [0.1, 0.15) is 20.3 Å². The molecule has 28 heavy (non-hydrogen) atoms. The van der Waals surface area contributed by atoms with Gasteiger partial charge in [0.2, 0.25) is 10.0 Å². The van der Waals surface area contributed by atoms with Crippen LogP contribution in [0.15, 0.2) is 47.4 Å². The summed E-state index contributed by atoms with van der Waals surface area (Å²) in [6.45, 7) is 3.43. The van der Waals surface area contributed by atoms with Gasteiger partial charge >= 0.3 is 0 Å². The minimum atomic E-state index is -3.58. The number of carbonyl (C=O) groups excluding carboxylic acids is 1. The van der Waals surface area contributed by atoms with Crippen LogP contribution in [0.2, 0.25) is 5.02 Å². The van der Waals surface area contributed by atoms with Crippen LogP contribution in [0.5, 0.6) is 11.5 Å². The molecule has 2 aromatic rings. The molecule has 0 aliphatic heterocycles. The zero-order valence-electron chi connectivity index (χ0n) is 15.9. The molecule has 2 aromatic carbocycles. The van der Waals surface area contributed by atoms with Gasteiger partial charge in [0.25, 0.3) is 5.91 Å². The van der Waals surface area contributed by atoms with Gasteiger partial charge in [0.05, 0.1) is 17.7 Å². The molecule has 0 fully saturated rings. The maximum Gasteiger partial charge on any atom is 0.262 e. The number of methoxy groups -OCH3 is 1. The summed E-state index contributed by atoms with van der Waals surface area (Å²) in [5, 5.41) is 3.12. The molecule has 2 N–H and O–H groups in total. The van der Waals surface area contributed by atoms with Gasteiger partial charge in [-0.2, -0.15) is 0 Å². The first-order valence-corrected chi connectivity index (χ1v) is 10.5. The lowest BCUT2D eigenvalue weighted by atomic mass is 10.3. The molecule has 0 aromatic heterocycles. The van der Waals surface area contributed by atoms with Gasteiger partial charge in [-0.05, 0) is 55.8 Å². The van der Waals surface area contributed by atoms with Gasteiger partial charge in [0.1, 0.15) is 11.5 Å². The van der Waals surface area contributed by atoms with Crippen molar-refractivity contribution in [3.63, 3.8) is 0 Å². The maximum atomic E-state index is 12.2. The summed E-state index contributed by atoms with van der Waals surface area (Å²) in [5.41, 5.74) is 0.432. The second kappa shape index (κ2) is 9.77. The molecule has 0 spiro atoms. The molecule has 0 saturated carbocycles. The zero-order valence-corrected chi connectivity index (χ0v) is 17.4. The molecule has 152 valence electrons. The quantitative estimate of drug-likeness (QED) is 0.640. The highest BCUT2D eigenvalue weighted by Crippen LogP contribution is 2.27. The summed E-state index contributed by atoms with van der Waals surface area (Å²) in [6, 6.07) is 10.6. The van der Waals surface area contributed by atoms with E-state index >= 15 is 0 Å². The van der Waals surface area contributed by atoms with Gasteiger partial charge in [0.15, 0.2) is 6.61 Å². The van der Waals surface area contributed by atoms with Crippen LogP contribution < -0.4 is 19.5 Å². The van der Waals surface area contributed by atoms with Gasteiger partial charge in [-0.15, -0.1) is 0 Å². The predicted octanol–water partition coefficient (Wildman–Crippen LogP) is 3.44. The first kappa shape index (κ1) is 22.0. The fraction of sp³-hybridized carbons (Fsp3) is 0.316. The topological polar surface area (TPSA) is 93.7 Å². The first-order valence-electron chi connectivity index (χ1n) is 8.63. The third-order valence-corrected chi connectivity index (χ3v) is 5.75. The van der Waals surface area contributed by atoms with Crippen molar-refractivity contribution < 1.29 is 22.7 Å². The molecule has 0 unspecified atom stereocenters. The Hall–Kier alpha value is -2.29. The number of anilines is 1. The fourth-order valence-corrected chi connectivity index (χ4v) is 3.74. The summed E-state index contributed by atoms with van der Waals surface area (Å²) < 4.78 is 37.6. The van der Waals surface area contributed by atoms with Crippen LogP contribution in [0.25, 0.3) is 0 Å². The predicted molar refractivity (Wildman–Crippen MR) is 109 cm³/mol. The van der Waals surface area contributed by atoms with E-state index in [1.807, 2.05) is 6.92 Å². The molecule has 0 radical (unpaired) electrons. The fourth-order valence-electron chi connectivity index (χ4n) is 2.24. The Morgan fingerprint density at radius 1 is 1.18 bits per heavy atom. The molecule has 9 heteroatoms. The number of amides is 1. The number of hydrogen-bond donors (Lipinski definition) is 2. The second-order valence-corrected chi connectivity index (χ2v) is 8.23. The summed E-state index contributed by atoms with van der Waals surface area (Å²) in [5.74, 6) is 0.438. The van der Waals surface area contributed by atoms with E-state index in [4.69, 9.17) is 21.1 Å². The SMILES string of the molecule is CC[C@H](C)NS(=O)(=O)c1ccc(OCC(=O)Nc2cc(Cl)ccc2OC)cc1. The highest BCUT2D eigenvalue weighted by Gasteiger charge is 2.16. The smallest absolute Gasteiger partial charge is 0.262 e. The standard InChI is InChI=1S/C19H23ClN2O5S/c1-4-13(2)22-28(24,25)16-8-6-15(7-9-16)27-12-19(23)21-17-11-14(20)5-10-18(17)26-3/h5-11,13,22H,4,12H2,1-3H3,(H,21,23)/t13-/m0/s1. The van der Waals surface area contributed by atoms with E-state index in [1.54, 1.807) is 25.1 Å². The Morgan fingerprint density at radius 2 is 1.86 bits per heavy atom. The molecule has 0 heterocycles. The van der Waals surface area contributed by atoms with Gasteiger partial charge in [-0.3, -0.25) is 4.79 Å². The van der Waals surface area contributed by atoms with Crippen molar-refractivity contribution in [3.8, 4) is 11.5 Å². The number of nitrogens with one attached hydrogen (secondary N) is 2. The number of carbonyl (C=O) groups is 1. The van der Waals surface area contributed by atoms with E-state index < -0.39 is 15.9 Å². The van der Waals surface area contributed by atoms with Crippen molar-refractivity contribution in [2.24, 2.45) is 0 Å². The number of benzene rings is 2. The first-order chi connectivity index (χ1) is 13.2. The van der Waals surface area contributed by atoms with Crippen molar-refractivity contribution in [3.05, 3.63) is 47.5 Å². The summed E-state index contributed by atoms with van der Waals surface area (Å²) in [7, 11) is -2.10. The zero-order chi connectivity index (χ0) is 20.7. The van der Waals surface area contributed by atoms with Crippen molar-refractivity contribution in [2.75, 3.05) is 19.0 Å². The lowest BCUT2D eigenvalue weighted by molar-refractivity contribution is -0.118. The van der Waals surface area contributed by atoms with Crippen LogP contribution in [0.3, 0.4) is 0 Å². The number of rotatable bonds is 9. The number of ether oxygens (including phenoxy) is 2. The lowest BCUT2D eigenvalue weighted by Gasteiger charge is -2.13. The van der Waals surface area contributed by atoms with Crippen molar-refractivity contribution in [2.45, 2.75) is 31.2 Å². The molecule has 0 aliphatic rings. The molecular weight excluding hydrogens is 404 g/mol. The molecular formula is C19H23ClN2O5S. The average molecular weight is 427 g/mol. The van der Waals surface area contributed by atoms with Gasteiger partial charge in [-0.25, -0.2) is 13.1 Å². The largest absolute Gasteiger partial charge is 0.495 e. The number of sulfonamides is 1. The highest BCUT2D eigenvalue weighted by atomic mass is 35.5. The average Bonchev–Trinajstić information content (AvgIpc) is 2.66. The van der Waals surface area contributed by atoms with Crippen molar-refractivity contribution in [1.82, 2.24) is 4.72 Å². The molecule has 0 saturated heterocycles. The molecule has 1 atom stereocenters. The second-order valence-electron chi connectivity index (χ2n) is 6.08. The summed E-state index contributed by atoms with van der Waals surface area (Å²) >= 11 is 5.93. The maximum absolute atomic E-state index is 12.2. The summed E-state index contributed by atoms with van der Waals surface area (Å²) in [6.07, 6.45) is 0.687. The van der Waals surface area contributed by atoms with E-state index in [1.165, 1.54) is 31.4 Å². The Balaban J connectivity index is 1.96. The lowest BCUT2D eigenvalue weighted by Crippen LogP contribution is -2.31. The molecule has 7 nitrogen and oxygen atoms in total. The summed E-state index contributed by atoms with van der Waals surface area (Å²) in [4.78, 5) is 12.2. The third-order valence-electron chi connectivity index (χ3n) is 3.91. The van der Waals surface area contributed by atoms with E-state index in [9.17, 15) is 13.2 Å². The van der Waals surface area contributed by atoms with E-state index in [2.05, 4.69) is 10.0 Å². The Bertz CT molecular complexity index is 916. The van der Waals surface area contributed by atoms with Crippen LogP contribution in [0.4, 0.5) is 5.69 Å². The van der Waals surface area contributed by atoms with Gasteiger partial charge < -0.3 is 14.8 Å². The Labute approximate surface area is 170 Å². The monoisotopic (exact) mass is 426 g/mol. The van der Waals surface area contributed by atoms with Gasteiger partial charge in [-0.1, -0.05) is 18.5 Å². The minimum Gasteiger partial charge on any atom is -0.495 e. The normalized spacial score (nSPS) is 12.3. The minimum absolute atomic E-state index is 0.133. The van der Waals surface area contributed by atoms with Gasteiger partial charge in [0, 0.05) is 11.1 Å². The van der Waals surface area contributed by atoms with Crippen molar-refractivity contribution in [1.29, 1.82) is 0 Å². The van der Waals surface area contributed by atoms with E-state index in [0.717, 1.165) is 0 Å². The number of halogens is 1. The van der Waals surface area contributed by atoms with E-state index in [-0.39, 0.29) is 17.5 Å². The van der Waals surface area contributed by atoms with Crippen molar-refractivity contribution >= 4 is 33.2 Å². The Morgan fingerprint density at radius 3 is 2.46 bits per heavy atom. The van der Waals surface area contributed by atoms with E-state index in [0.29, 0.717) is 28.6 Å². The molecule has 0 bridgehead atoms. The molecule has 0 aliphatic carbocycles. The molecule has 1 amide bonds. The van der Waals surface area contributed by atoms with Crippen LogP contribution in [-0.4, -0.2) is 34.1 Å².